The van der Waals surface area contributed by atoms with Gasteiger partial charge in [-0.1, -0.05) is 19.1 Å². The number of hydrogen-bond donors (Lipinski definition) is 0. The Labute approximate surface area is 126 Å². The van der Waals surface area contributed by atoms with Gasteiger partial charge in [0.05, 0.1) is 20.3 Å². The summed E-state index contributed by atoms with van der Waals surface area (Å²) < 4.78 is 10.8. The fourth-order valence-electron chi connectivity index (χ4n) is 2.81. The molecule has 1 aliphatic rings. The fourth-order valence-corrected chi connectivity index (χ4v) is 2.81. The Hall–Kier alpha value is -1.77. The molecular formula is C16H23N3O2. The van der Waals surface area contributed by atoms with Crippen LogP contribution in [0, 0.1) is 11.3 Å². The van der Waals surface area contributed by atoms with Crippen LogP contribution >= 0.6 is 0 Å². The van der Waals surface area contributed by atoms with Crippen LogP contribution in [-0.4, -0.2) is 56.7 Å². The molecular weight excluding hydrogens is 266 g/mol. The van der Waals surface area contributed by atoms with E-state index in [2.05, 4.69) is 22.8 Å². The topological polar surface area (TPSA) is 48.7 Å². The average molecular weight is 289 g/mol. The number of nitrogens with zero attached hydrogens (tertiary/aromatic N) is 3. The molecule has 2 rings (SSSR count). The van der Waals surface area contributed by atoms with Crippen LogP contribution in [0.15, 0.2) is 18.2 Å². The van der Waals surface area contributed by atoms with Crippen LogP contribution in [0.3, 0.4) is 0 Å². The fraction of sp³-hybridized carbons (Fsp3) is 0.562. The van der Waals surface area contributed by atoms with Crippen LogP contribution in [-0.2, 0) is 0 Å². The smallest absolute Gasteiger partial charge is 0.166 e. The molecule has 1 fully saturated rings. The standard InChI is InChI=1S/C16H23N3O2/c1-4-18-8-10-19(11-9-18)14(12-17)13-6-5-7-15(20-2)16(13)21-3/h5-7,14H,4,8-11H2,1-3H3. The van der Waals surface area contributed by atoms with Crippen LogP contribution in [0.25, 0.3) is 0 Å². The van der Waals surface area contributed by atoms with Gasteiger partial charge in [0.25, 0.3) is 0 Å². The van der Waals surface area contributed by atoms with Crippen molar-refractivity contribution < 1.29 is 9.47 Å². The number of piperazine rings is 1. The first-order valence-corrected chi connectivity index (χ1v) is 7.32. The number of methoxy groups -OCH3 is 2. The largest absolute Gasteiger partial charge is 0.493 e. The third-order valence-electron chi connectivity index (χ3n) is 4.07. The molecule has 5 heteroatoms. The first-order chi connectivity index (χ1) is 10.2. The second kappa shape index (κ2) is 7.30. The maximum Gasteiger partial charge on any atom is 0.166 e. The summed E-state index contributed by atoms with van der Waals surface area (Å²) in [7, 11) is 3.23. The maximum absolute atomic E-state index is 9.64. The minimum atomic E-state index is -0.297. The van der Waals surface area contributed by atoms with E-state index in [0.29, 0.717) is 11.5 Å². The summed E-state index contributed by atoms with van der Waals surface area (Å²) in [5.74, 6) is 1.33. The highest BCUT2D eigenvalue weighted by Gasteiger charge is 2.27. The number of ether oxygens (including phenoxy) is 2. The molecule has 1 aromatic carbocycles. The molecule has 1 heterocycles. The molecule has 0 aliphatic carbocycles. The number of para-hydroxylation sites is 1. The molecule has 0 radical (unpaired) electrons. The first-order valence-electron chi connectivity index (χ1n) is 7.32. The molecule has 1 aromatic rings. The van der Waals surface area contributed by atoms with Gasteiger partial charge in [0.1, 0.15) is 6.04 Å². The molecule has 0 spiro atoms. The summed E-state index contributed by atoms with van der Waals surface area (Å²) in [6.07, 6.45) is 0. The van der Waals surface area contributed by atoms with Crippen LogP contribution in [0.2, 0.25) is 0 Å². The van der Waals surface area contributed by atoms with Crippen molar-refractivity contribution in [2.75, 3.05) is 46.9 Å². The van der Waals surface area contributed by atoms with Crippen molar-refractivity contribution in [1.29, 1.82) is 5.26 Å². The number of likely N-dealkylation sites (N-methyl/N-ethyl adjacent to an activating group) is 1. The number of hydrogen-bond acceptors (Lipinski definition) is 5. The minimum absolute atomic E-state index is 0.297. The SMILES string of the molecule is CCN1CCN(C(C#N)c2cccc(OC)c2OC)CC1. The van der Waals surface area contributed by atoms with Crippen LogP contribution in [0.5, 0.6) is 11.5 Å². The van der Waals surface area contributed by atoms with E-state index in [9.17, 15) is 5.26 Å². The highest BCUT2D eigenvalue weighted by molar-refractivity contribution is 5.49. The molecule has 0 amide bonds. The highest BCUT2D eigenvalue weighted by atomic mass is 16.5. The second-order valence-corrected chi connectivity index (χ2v) is 5.08. The van der Waals surface area contributed by atoms with Crippen LogP contribution in [0.1, 0.15) is 18.5 Å². The number of nitriles is 1. The Morgan fingerprint density at radius 3 is 2.43 bits per heavy atom. The molecule has 0 N–H and O–H groups in total. The average Bonchev–Trinajstić information content (AvgIpc) is 2.55. The molecule has 0 bridgehead atoms. The van der Waals surface area contributed by atoms with E-state index < -0.39 is 0 Å². The zero-order chi connectivity index (χ0) is 15.2. The molecule has 1 saturated heterocycles. The summed E-state index contributed by atoms with van der Waals surface area (Å²) >= 11 is 0. The first kappa shape index (κ1) is 15.6. The van der Waals surface area contributed by atoms with E-state index >= 15 is 0 Å². The van der Waals surface area contributed by atoms with Gasteiger partial charge in [-0.2, -0.15) is 5.26 Å². The lowest BCUT2D eigenvalue weighted by Gasteiger charge is -2.36. The van der Waals surface area contributed by atoms with Crippen molar-refractivity contribution in [3.8, 4) is 17.6 Å². The van der Waals surface area contributed by atoms with E-state index in [1.165, 1.54) is 0 Å². The summed E-state index contributed by atoms with van der Waals surface area (Å²) in [5, 5.41) is 9.64. The van der Waals surface area contributed by atoms with E-state index in [0.717, 1.165) is 38.3 Å². The third-order valence-corrected chi connectivity index (χ3v) is 4.07. The van der Waals surface area contributed by atoms with Gasteiger partial charge in [-0.05, 0) is 12.6 Å². The molecule has 5 nitrogen and oxygen atoms in total. The quantitative estimate of drug-likeness (QED) is 0.828. The van der Waals surface area contributed by atoms with E-state index in [-0.39, 0.29) is 6.04 Å². The zero-order valence-corrected chi connectivity index (χ0v) is 13.0. The Morgan fingerprint density at radius 1 is 1.19 bits per heavy atom. The lowest BCUT2D eigenvalue weighted by molar-refractivity contribution is 0.117. The van der Waals surface area contributed by atoms with E-state index in [4.69, 9.17) is 9.47 Å². The van der Waals surface area contributed by atoms with Crippen molar-refractivity contribution in [2.45, 2.75) is 13.0 Å². The Kier molecular flexibility index (Phi) is 5.43. The number of rotatable bonds is 5. The lowest BCUT2D eigenvalue weighted by atomic mass is 10.0. The molecule has 1 aliphatic heterocycles. The van der Waals surface area contributed by atoms with Crippen LogP contribution < -0.4 is 9.47 Å². The Bertz CT molecular complexity index is 505. The summed E-state index contributed by atoms with van der Waals surface area (Å²) in [5.41, 5.74) is 0.879. The molecule has 1 unspecified atom stereocenters. The van der Waals surface area contributed by atoms with Gasteiger partial charge in [-0.25, -0.2) is 0 Å². The van der Waals surface area contributed by atoms with Gasteiger partial charge in [0, 0.05) is 31.7 Å². The minimum Gasteiger partial charge on any atom is -0.493 e. The normalized spacial score (nSPS) is 18.0. The Morgan fingerprint density at radius 2 is 1.90 bits per heavy atom. The summed E-state index contributed by atoms with van der Waals surface area (Å²) in [4.78, 5) is 4.61. The van der Waals surface area contributed by atoms with Gasteiger partial charge < -0.3 is 14.4 Å². The van der Waals surface area contributed by atoms with Crippen molar-refractivity contribution >= 4 is 0 Å². The van der Waals surface area contributed by atoms with Crippen molar-refractivity contribution in [1.82, 2.24) is 9.80 Å². The maximum atomic E-state index is 9.64. The number of benzene rings is 1. The van der Waals surface area contributed by atoms with Gasteiger partial charge in [-0.15, -0.1) is 0 Å². The molecule has 21 heavy (non-hydrogen) atoms. The van der Waals surface area contributed by atoms with Crippen molar-refractivity contribution in [3.63, 3.8) is 0 Å². The second-order valence-electron chi connectivity index (χ2n) is 5.08. The van der Waals surface area contributed by atoms with Crippen molar-refractivity contribution in [3.05, 3.63) is 23.8 Å². The molecule has 1 atom stereocenters. The van der Waals surface area contributed by atoms with Gasteiger partial charge in [0.2, 0.25) is 0 Å². The molecule has 0 aromatic heterocycles. The zero-order valence-electron chi connectivity index (χ0n) is 13.0. The van der Waals surface area contributed by atoms with Gasteiger partial charge in [0.15, 0.2) is 11.5 Å². The summed E-state index contributed by atoms with van der Waals surface area (Å²) in [6, 6.07) is 7.83. The monoisotopic (exact) mass is 289 g/mol. The Balaban J connectivity index is 2.24. The predicted molar refractivity (Wildman–Crippen MR) is 81.6 cm³/mol. The van der Waals surface area contributed by atoms with Gasteiger partial charge >= 0.3 is 0 Å². The highest BCUT2D eigenvalue weighted by Crippen LogP contribution is 2.36. The molecule has 0 saturated carbocycles. The van der Waals surface area contributed by atoms with E-state index in [1.54, 1.807) is 14.2 Å². The lowest BCUT2D eigenvalue weighted by Crippen LogP contribution is -2.47. The predicted octanol–water partition coefficient (Wildman–Crippen LogP) is 1.91. The summed E-state index contributed by atoms with van der Waals surface area (Å²) in [6.45, 7) is 7.02. The van der Waals surface area contributed by atoms with E-state index in [1.807, 2.05) is 18.2 Å². The van der Waals surface area contributed by atoms with Crippen LogP contribution in [0.4, 0.5) is 0 Å². The van der Waals surface area contributed by atoms with Crippen molar-refractivity contribution in [2.24, 2.45) is 0 Å². The van der Waals surface area contributed by atoms with Gasteiger partial charge in [-0.3, -0.25) is 4.90 Å². The molecule has 114 valence electrons. The third kappa shape index (κ3) is 3.29.